The molecule has 0 aliphatic rings. The van der Waals surface area contributed by atoms with Crippen LogP contribution < -0.4 is 0 Å². The Morgan fingerprint density at radius 3 is 2.27 bits per heavy atom. The molecule has 0 aromatic carbocycles. The molecular weight excluding hydrogens is 136 g/mol. The van der Waals surface area contributed by atoms with Crippen molar-refractivity contribution in [2.24, 2.45) is 0 Å². The van der Waals surface area contributed by atoms with E-state index in [1.165, 1.54) is 6.42 Å². The molecule has 0 bridgehead atoms. The minimum absolute atomic E-state index is 0.295. The topological polar surface area (TPSA) is 20.2 Å². The molecule has 64 valence electrons. The number of unbranched alkanes of at least 4 members (excludes halogenated alkanes) is 2. The van der Waals surface area contributed by atoms with E-state index in [0.717, 1.165) is 19.3 Å². The lowest BCUT2D eigenvalue weighted by Crippen LogP contribution is -1.77. The average molecular weight is 154 g/mol. The molecular formula is C10H18O. The molecule has 0 aliphatic heterocycles. The molecule has 0 spiro atoms. The Bertz CT molecular complexity index is 114. The second kappa shape index (κ2) is 9.44. The molecule has 0 saturated heterocycles. The van der Waals surface area contributed by atoms with Crippen molar-refractivity contribution in [3.8, 4) is 0 Å². The maximum Gasteiger partial charge on any atom is 0.0433 e. The number of aliphatic hydroxyl groups is 1. The van der Waals surface area contributed by atoms with Gasteiger partial charge in [-0.3, -0.25) is 0 Å². The van der Waals surface area contributed by atoms with Crippen LogP contribution in [-0.4, -0.2) is 11.7 Å². The van der Waals surface area contributed by atoms with E-state index in [1.54, 1.807) is 0 Å². The smallest absolute Gasteiger partial charge is 0.0433 e. The van der Waals surface area contributed by atoms with Crippen molar-refractivity contribution in [3.63, 3.8) is 0 Å². The summed E-state index contributed by atoms with van der Waals surface area (Å²) in [4.78, 5) is 0. The predicted octanol–water partition coefficient (Wildman–Crippen LogP) is 2.67. The molecule has 11 heavy (non-hydrogen) atoms. The maximum atomic E-state index is 8.46. The minimum Gasteiger partial charge on any atom is -0.396 e. The Morgan fingerprint density at radius 2 is 1.73 bits per heavy atom. The Kier molecular flexibility index (Phi) is 8.96. The first-order valence-corrected chi connectivity index (χ1v) is 4.34. The van der Waals surface area contributed by atoms with Crippen LogP contribution in [0.5, 0.6) is 0 Å². The van der Waals surface area contributed by atoms with Crippen molar-refractivity contribution in [2.45, 2.75) is 32.6 Å². The van der Waals surface area contributed by atoms with Gasteiger partial charge in [-0.2, -0.15) is 0 Å². The van der Waals surface area contributed by atoms with E-state index in [1.807, 2.05) is 6.08 Å². The van der Waals surface area contributed by atoms with Gasteiger partial charge in [0.05, 0.1) is 0 Å². The largest absolute Gasteiger partial charge is 0.396 e. The highest BCUT2D eigenvalue weighted by molar-refractivity contribution is 5.01. The van der Waals surface area contributed by atoms with Crippen LogP contribution >= 0.6 is 0 Å². The van der Waals surface area contributed by atoms with Crippen molar-refractivity contribution >= 4 is 0 Å². The first-order chi connectivity index (χ1) is 5.41. The van der Waals surface area contributed by atoms with Crippen LogP contribution in [0.3, 0.4) is 0 Å². The van der Waals surface area contributed by atoms with Crippen molar-refractivity contribution in [2.75, 3.05) is 6.61 Å². The number of aliphatic hydroxyl groups excluding tert-OH is 1. The van der Waals surface area contributed by atoms with E-state index < -0.39 is 0 Å². The molecule has 1 heteroatoms. The minimum atomic E-state index is 0.295. The Morgan fingerprint density at radius 1 is 1.09 bits per heavy atom. The molecule has 0 amide bonds. The van der Waals surface area contributed by atoms with Gasteiger partial charge >= 0.3 is 0 Å². The SMILES string of the molecule is CCC/C=C/C=C/CCCO. The van der Waals surface area contributed by atoms with E-state index in [0.29, 0.717) is 6.61 Å². The van der Waals surface area contributed by atoms with Crippen LogP contribution in [0.25, 0.3) is 0 Å². The van der Waals surface area contributed by atoms with Crippen LogP contribution in [0.4, 0.5) is 0 Å². The van der Waals surface area contributed by atoms with Crippen LogP contribution in [0, 0.1) is 0 Å². The highest BCUT2D eigenvalue weighted by Crippen LogP contribution is 1.92. The molecule has 0 aromatic rings. The van der Waals surface area contributed by atoms with Gasteiger partial charge in [-0.15, -0.1) is 0 Å². The van der Waals surface area contributed by atoms with Gasteiger partial charge in [0.1, 0.15) is 0 Å². The standard InChI is InChI=1S/C10H18O/c1-2-3-4-5-6-7-8-9-10-11/h4-7,11H,2-3,8-10H2,1H3/b5-4+,7-6+. The van der Waals surface area contributed by atoms with Crippen LogP contribution in [0.15, 0.2) is 24.3 Å². The zero-order valence-corrected chi connectivity index (χ0v) is 7.29. The van der Waals surface area contributed by atoms with E-state index in [9.17, 15) is 0 Å². The molecule has 1 N–H and O–H groups in total. The summed E-state index contributed by atoms with van der Waals surface area (Å²) in [6.45, 7) is 2.46. The summed E-state index contributed by atoms with van der Waals surface area (Å²) in [6, 6.07) is 0. The number of rotatable bonds is 6. The van der Waals surface area contributed by atoms with E-state index in [-0.39, 0.29) is 0 Å². The second-order valence-corrected chi connectivity index (χ2v) is 2.51. The van der Waals surface area contributed by atoms with Crippen LogP contribution in [0.2, 0.25) is 0 Å². The summed E-state index contributed by atoms with van der Waals surface area (Å²) in [5.74, 6) is 0. The van der Waals surface area contributed by atoms with Crippen molar-refractivity contribution < 1.29 is 5.11 Å². The summed E-state index contributed by atoms with van der Waals surface area (Å²) in [5.41, 5.74) is 0. The number of hydrogen-bond acceptors (Lipinski definition) is 1. The monoisotopic (exact) mass is 154 g/mol. The maximum absolute atomic E-state index is 8.46. The van der Waals surface area contributed by atoms with Crippen LogP contribution in [0.1, 0.15) is 32.6 Å². The fourth-order valence-corrected chi connectivity index (χ4v) is 0.725. The zero-order valence-electron chi connectivity index (χ0n) is 7.29. The van der Waals surface area contributed by atoms with Gasteiger partial charge < -0.3 is 5.11 Å². The molecule has 0 radical (unpaired) electrons. The fourth-order valence-electron chi connectivity index (χ4n) is 0.725. The summed E-state index contributed by atoms with van der Waals surface area (Å²) in [6.07, 6.45) is 12.6. The predicted molar refractivity (Wildman–Crippen MR) is 49.5 cm³/mol. The summed E-state index contributed by atoms with van der Waals surface area (Å²) in [7, 11) is 0. The lowest BCUT2D eigenvalue weighted by molar-refractivity contribution is 0.289. The molecule has 0 unspecified atom stereocenters. The fraction of sp³-hybridized carbons (Fsp3) is 0.600. The highest BCUT2D eigenvalue weighted by atomic mass is 16.2. The summed E-state index contributed by atoms with van der Waals surface area (Å²) >= 11 is 0. The van der Waals surface area contributed by atoms with Gasteiger partial charge in [0, 0.05) is 6.61 Å². The van der Waals surface area contributed by atoms with Gasteiger partial charge in [0.15, 0.2) is 0 Å². The molecule has 0 heterocycles. The first kappa shape index (κ1) is 10.4. The average Bonchev–Trinajstić information content (AvgIpc) is 2.03. The molecule has 0 aromatic heterocycles. The van der Waals surface area contributed by atoms with Gasteiger partial charge in [0.25, 0.3) is 0 Å². The first-order valence-electron chi connectivity index (χ1n) is 4.34. The number of hydrogen-bond donors (Lipinski definition) is 1. The number of allylic oxidation sites excluding steroid dienone is 4. The van der Waals surface area contributed by atoms with Gasteiger partial charge in [-0.05, 0) is 19.3 Å². The normalized spacial score (nSPS) is 11.8. The molecule has 0 rings (SSSR count). The third kappa shape index (κ3) is 9.44. The van der Waals surface area contributed by atoms with Crippen LogP contribution in [-0.2, 0) is 0 Å². The van der Waals surface area contributed by atoms with Gasteiger partial charge in [-0.1, -0.05) is 37.6 Å². The van der Waals surface area contributed by atoms with Gasteiger partial charge in [0.2, 0.25) is 0 Å². The third-order valence-corrected chi connectivity index (χ3v) is 1.37. The van der Waals surface area contributed by atoms with Crippen molar-refractivity contribution in [1.82, 2.24) is 0 Å². The Balaban J connectivity index is 3.14. The van der Waals surface area contributed by atoms with E-state index >= 15 is 0 Å². The highest BCUT2D eigenvalue weighted by Gasteiger charge is 1.76. The zero-order chi connectivity index (χ0) is 8.36. The van der Waals surface area contributed by atoms with Crippen molar-refractivity contribution in [3.05, 3.63) is 24.3 Å². The molecule has 0 saturated carbocycles. The lowest BCUT2D eigenvalue weighted by atomic mass is 10.2. The summed E-state index contributed by atoms with van der Waals surface area (Å²) < 4.78 is 0. The van der Waals surface area contributed by atoms with E-state index in [4.69, 9.17) is 5.11 Å². The van der Waals surface area contributed by atoms with E-state index in [2.05, 4.69) is 25.2 Å². The van der Waals surface area contributed by atoms with Gasteiger partial charge in [-0.25, -0.2) is 0 Å². The molecule has 1 nitrogen and oxygen atoms in total. The van der Waals surface area contributed by atoms with Crippen molar-refractivity contribution in [1.29, 1.82) is 0 Å². The molecule has 0 aliphatic carbocycles. The molecule has 0 fully saturated rings. The molecule has 0 atom stereocenters. The lowest BCUT2D eigenvalue weighted by Gasteiger charge is -1.85. The summed E-state index contributed by atoms with van der Waals surface area (Å²) in [5, 5.41) is 8.46. The second-order valence-electron chi connectivity index (χ2n) is 2.51. The third-order valence-electron chi connectivity index (χ3n) is 1.37. The Labute approximate surface area is 69.4 Å². The Hall–Kier alpha value is -0.560. The quantitative estimate of drug-likeness (QED) is 0.460.